The first-order valence-corrected chi connectivity index (χ1v) is 10.8. The van der Waals surface area contributed by atoms with Crippen LogP contribution in [0.25, 0.3) is 6.08 Å². The molecule has 0 saturated heterocycles. The van der Waals surface area contributed by atoms with Crippen LogP contribution in [0.5, 0.6) is 0 Å². The third-order valence-electron chi connectivity index (χ3n) is 4.27. The molecule has 0 aliphatic heterocycles. The molecule has 0 heterocycles. The third kappa shape index (κ3) is 7.19. The summed E-state index contributed by atoms with van der Waals surface area (Å²) in [6, 6.07) is 16.5. The third-order valence-corrected chi connectivity index (χ3v) is 6.26. The Morgan fingerprint density at radius 3 is 2.30 bits per heavy atom. The lowest BCUT2D eigenvalue weighted by molar-refractivity contribution is -0.136. The second-order valence-corrected chi connectivity index (χ2v) is 8.81. The Hall–Kier alpha value is -2.11. The molecule has 0 aromatic heterocycles. The van der Waals surface area contributed by atoms with Crippen LogP contribution in [0.1, 0.15) is 36.8 Å². The maximum Gasteiger partial charge on any atom is 0.322 e. The van der Waals surface area contributed by atoms with Gasteiger partial charge in [0.05, 0.1) is 0 Å². The average molecular weight is 407 g/mol. The van der Waals surface area contributed by atoms with Crippen molar-refractivity contribution in [2.24, 2.45) is 0 Å². The van der Waals surface area contributed by atoms with Gasteiger partial charge in [0.25, 0.3) is 0 Å². The van der Waals surface area contributed by atoms with E-state index in [1.54, 1.807) is 24.3 Å². The van der Waals surface area contributed by atoms with Gasteiger partial charge in [-0.2, -0.15) is 0 Å². The molecule has 1 unspecified atom stereocenters. The summed E-state index contributed by atoms with van der Waals surface area (Å²) in [5, 5.41) is 9.63. The van der Waals surface area contributed by atoms with E-state index in [1.807, 2.05) is 30.3 Å². The van der Waals surface area contributed by atoms with Crippen LogP contribution in [0.2, 0.25) is 5.02 Å². The molecule has 0 saturated carbocycles. The zero-order valence-corrected chi connectivity index (χ0v) is 16.5. The summed E-state index contributed by atoms with van der Waals surface area (Å²) < 4.78 is 24.8. The molecule has 144 valence electrons. The summed E-state index contributed by atoms with van der Waals surface area (Å²) in [7, 11) is -3.86. The second-order valence-electron chi connectivity index (χ2n) is 6.36. The molecule has 2 aromatic carbocycles. The van der Waals surface area contributed by atoms with E-state index in [4.69, 9.17) is 11.6 Å². The summed E-state index contributed by atoms with van der Waals surface area (Å²) in [4.78, 5) is 11.4. The molecule has 2 rings (SSSR count). The van der Waals surface area contributed by atoms with Gasteiger partial charge in [-0.05, 0) is 48.6 Å². The highest BCUT2D eigenvalue weighted by atomic mass is 35.5. The number of carboxylic acid groups (broad SMARTS) is 1. The van der Waals surface area contributed by atoms with E-state index in [9.17, 15) is 18.3 Å². The number of carboxylic acids is 1. The normalized spacial score (nSPS) is 12.9. The van der Waals surface area contributed by atoms with E-state index in [0.29, 0.717) is 17.0 Å². The number of aryl methyl sites for hydroxylation is 1. The van der Waals surface area contributed by atoms with Gasteiger partial charge in [-0.3, -0.25) is 4.79 Å². The van der Waals surface area contributed by atoms with Crippen molar-refractivity contribution in [3.63, 3.8) is 0 Å². The van der Waals surface area contributed by atoms with Crippen molar-refractivity contribution in [1.82, 2.24) is 0 Å². The maximum absolute atomic E-state index is 12.4. The quantitative estimate of drug-likeness (QED) is 0.564. The van der Waals surface area contributed by atoms with E-state index < -0.39 is 21.1 Å². The average Bonchev–Trinajstić information content (AvgIpc) is 2.65. The van der Waals surface area contributed by atoms with E-state index in [2.05, 4.69) is 0 Å². The second kappa shape index (κ2) is 10.3. The molecule has 4 nitrogen and oxygen atoms in total. The van der Waals surface area contributed by atoms with Gasteiger partial charge in [-0.25, -0.2) is 8.42 Å². The number of halogens is 1. The van der Waals surface area contributed by atoms with E-state index in [-0.39, 0.29) is 6.42 Å². The van der Waals surface area contributed by atoms with Crippen molar-refractivity contribution < 1.29 is 18.3 Å². The van der Waals surface area contributed by atoms with Crippen LogP contribution in [-0.2, 0) is 21.1 Å². The molecular weight excluding hydrogens is 384 g/mol. The Morgan fingerprint density at radius 2 is 1.67 bits per heavy atom. The minimum Gasteiger partial charge on any atom is -0.480 e. The van der Waals surface area contributed by atoms with Crippen LogP contribution in [0.3, 0.4) is 0 Å². The smallest absolute Gasteiger partial charge is 0.322 e. The lowest BCUT2D eigenvalue weighted by Gasteiger charge is -2.11. The van der Waals surface area contributed by atoms with Gasteiger partial charge in [0.2, 0.25) is 0 Å². The maximum atomic E-state index is 12.4. The Bertz CT molecular complexity index is 859. The summed E-state index contributed by atoms with van der Waals surface area (Å²) >= 11 is 5.85. The van der Waals surface area contributed by atoms with Crippen LogP contribution in [0.15, 0.2) is 60.0 Å². The zero-order chi connectivity index (χ0) is 19.7. The van der Waals surface area contributed by atoms with Crippen molar-refractivity contribution in [3.8, 4) is 0 Å². The Morgan fingerprint density at radius 1 is 1.00 bits per heavy atom. The minimum absolute atomic E-state index is 0.109. The molecule has 6 heteroatoms. The Labute approximate surface area is 165 Å². The lowest BCUT2D eigenvalue weighted by Crippen LogP contribution is -2.28. The standard InChI is InChI=1S/C21H23ClO4S/c22-19-13-11-18(12-14-19)9-5-2-6-10-20(21(23)24)27(25,26)16-15-17-7-3-1-4-8-17/h1,3-4,7-8,11-16,20H,2,5-6,9-10H2,(H,23,24). The van der Waals surface area contributed by atoms with Crippen molar-refractivity contribution in [2.45, 2.75) is 37.4 Å². The number of carbonyl (C=O) groups is 1. The Kier molecular flexibility index (Phi) is 8.07. The molecule has 0 bridgehead atoms. The SMILES string of the molecule is O=C(O)C(CCCCCc1ccc(Cl)cc1)S(=O)(=O)C=Cc1ccccc1. The van der Waals surface area contributed by atoms with Crippen LogP contribution in [-0.4, -0.2) is 24.7 Å². The zero-order valence-electron chi connectivity index (χ0n) is 14.9. The summed E-state index contributed by atoms with van der Waals surface area (Å²) in [6.07, 6.45) is 4.58. The van der Waals surface area contributed by atoms with Gasteiger partial charge in [0, 0.05) is 10.4 Å². The van der Waals surface area contributed by atoms with E-state index in [1.165, 1.54) is 6.08 Å². The number of hydrogen-bond acceptors (Lipinski definition) is 3. The largest absolute Gasteiger partial charge is 0.480 e. The number of unbranched alkanes of at least 4 members (excludes halogenated alkanes) is 2. The highest BCUT2D eigenvalue weighted by Gasteiger charge is 2.29. The summed E-state index contributed by atoms with van der Waals surface area (Å²) in [5.41, 5.74) is 1.88. The highest BCUT2D eigenvalue weighted by molar-refractivity contribution is 7.95. The van der Waals surface area contributed by atoms with Gasteiger partial charge < -0.3 is 5.11 Å². The molecule has 27 heavy (non-hydrogen) atoms. The fourth-order valence-electron chi connectivity index (χ4n) is 2.75. The van der Waals surface area contributed by atoms with E-state index in [0.717, 1.165) is 30.2 Å². The molecule has 0 fully saturated rings. The fraction of sp³-hybridized carbons (Fsp3) is 0.286. The van der Waals surface area contributed by atoms with Crippen LogP contribution in [0.4, 0.5) is 0 Å². The number of aliphatic carboxylic acids is 1. The number of hydrogen-bond donors (Lipinski definition) is 1. The van der Waals surface area contributed by atoms with E-state index >= 15 is 0 Å². The van der Waals surface area contributed by atoms with Crippen molar-refractivity contribution in [2.75, 3.05) is 0 Å². The highest BCUT2D eigenvalue weighted by Crippen LogP contribution is 2.17. The first kappa shape index (κ1) is 21.2. The summed E-state index contributed by atoms with van der Waals surface area (Å²) in [5.74, 6) is -1.30. The molecule has 0 spiro atoms. The number of benzene rings is 2. The first-order valence-electron chi connectivity index (χ1n) is 8.83. The van der Waals surface area contributed by atoms with Crippen LogP contribution < -0.4 is 0 Å². The van der Waals surface area contributed by atoms with Gasteiger partial charge in [0.1, 0.15) is 0 Å². The van der Waals surface area contributed by atoms with Crippen molar-refractivity contribution in [3.05, 3.63) is 76.2 Å². The van der Waals surface area contributed by atoms with Crippen molar-refractivity contribution >= 4 is 33.5 Å². The molecular formula is C21H23ClO4S. The number of sulfone groups is 1. The molecule has 1 N–H and O–H groups in total. The van der Waals surface area contributed by atoms with Gasteiger partial charge in [0.15, 0.2) is 15.1 Å². The molecule has 0 radical (unpaired) electrons. The van der Waals surface area contributed by atoms with Crippen LogP contribution >= 0.6 is 11.6 Å². The molecule has 2 aromatic rings. The lowest BCUT2D eigenvalue weighted by atomic mass is 10.1. The fourth-order valence-corrected chi connectivity index (χ4v) is 4.19. The van der Waals surface area contributed by atoms with Gasteiger partial charge in [-0.1, -0.05) is 66.9 Å². The molecule has 1 atom stereocenters. The van der Waals surface area contributed by atoms with Crippen LogP contribution in [0, 0.1) is 0 Å². The monoisotopic (exact) mass is 406 g/mol. The van der Waals surface area contributed by atoms with Gasteiger partial charge >= 0.3 is 5.97 Å². The summed E-state index contributed by atoms with van der Waals surface area (Å²) in [6.45, 7) is 0. The topological polar surface area (TPSA) is 71.4 Å². The predicted octanol–water partition coefficient (Wildman–Crippen LogP) is 4.98. The molecule has 0 aliphatic rings. The molecule has 0 amide bonds. The minimum atomic E-state index is -3.86. The predicted molar refractivity (Wildman–Crippen MR) is 109 cm³/mol. The van der Waals surface area contributed by atoms with Gasteiger partial charge in [-0.15, -0.1) is 0 Å². The number of rotatable bonds is 10. The first-order chi connectivity index (χ1) is 12.9. The Balaban J connectivity index is 1.86. The van der Waals surface area contributed by atoms with Crippen molar-refractivity contribution in [1.29, 1.82) is 0 Å². The molecule has 0 aliphatic carbocycles.